The molecule has 16 heavy (non-hydrogen) atoms. The summed E-state index contributed by atoms with van der Waals surface area (Å²) in [4.78, 5) is 2.36. The molecular formula is C13H28N2O. The van der Waals surface area contributed by atoms with E-state index in [1.54, 1.807) is 0 Å². The monoisotopic (exact) mass is 228 g/mol. The Morgan fingerprint density at radius 3 is 2.50 bits per heavy atom. The minimum absolute atomic E-state index is 0.154. The Bertz CT molecular complexity index is 188. The zero-order chi connectivity index (χ0) is 12.0. The number of aliphatic hydroxyl groups is 1. The molecule has 1 saturated heterocycles. The van der Waals surface area contributed by atoms with E-state index in [2.05, 4.69) is 31.0 Å². The minimum Gasteiger partial charge on any atom is -0.390 e. The van der Waals surface area contributed by atoms with Crippen molar-refractivity contribution < 1.29 is 5.11 Å². The van der Waals surface area contributed by atoms with Gasteiger partial charge >= 0.3 is 0 Å². The molecule has 1 unspecified atom stereocenters. The number of β-amino-alcohol motifs (C(OH)–C–C–N with tert-alkyl or cyclic N) is 1. The lowest BCUT2D eigenvalue weighted by atomic mass is 9.99. The van der Waals surface area contributed by atoms with E-state index in [1.165, 1.54) is 19.3 Å². The first-order valence-electron chi connectivity index (χ1n) is 6.69. The topological polar surface area (TPSA) is 35.5 Å². The predicted octanol–water partition coefficient (Wildman–Crippen LogP) is 1.61. The van der Waals surface area contributed by atoms with Crippen LogP contribution in [0.5, 0.6) is 0 Å². The lowest BCUT2D eigenvalue weighted by Gasteiger charge is -2.28. The molecule has 3 nitrogen and oxygen atoms in total. The van der Waals surface area contributed by atoms with E-state index in [0.717, 1.165) is 26.1 Å². The van der Waals surface area contributed by atoms with E-state index in [9.17, 15) is 5.11 Å². The molecule has 1 heterocycles. The summed E-state index contributed by atoms with van der Waals surface area (Å²) < 4.78 is 0. The maximum absolute atomic E-state index is 9.94. The summed E-state index contributed by atoms with van der Waals surface area (Å²) in [6.45, 7) is 10.5. The van der Waals surface area contributed by atoms with Gasteiger partial charge in [0.25, 0.3) is 0 Å². The van der Waals surface area contributed by atoms with Crippen LogP contribution in [0.4, 0.5) is 0 Å². The van der Waals surface area contributed by atoms with Crippen molar-refractivity contribution in [2.45, 2.75) is 58.1 Å². The number of hydrogen-bond donors (Lipinski definition) is 2. The second kappa shape index (κ2) is 6.58. The Hall–Kier alpha value is -0.120. The molecule has 1 aliphatic heterocycles. The third-order valence-electron chi connectivity index (χ3n) is 3.36. The van der Waals surface area contributed by atoms with Crippen molar-refractivity contribution >= 4 is 0 Å². The molecule has 0 aliphatic carbocycles. The van der Waals surface area contributed by atoms with Gasteiger partial charge in [0.2, 0.25) is 0 Å². The van der Waals surface area contributed by atoms with Gasteiger partial charge in [-0.05, 0) is 46.2 Å². The second-order valence-electron chi connectivity index (χ2n) is 5.68. The molecule has 0 bridgehead atoms. The van der Waals surface area contributed by atoms with Crippen molar-refractivity contribution in [1.82, 2.24) is 10.2 Å². The van der Waals surface area contributed by atoms with Crippen molar-refractivity contribution in [3.63, 3.8) is 0 Å². The van der Waals surface area contributed by atoms with Crippen molar-refractivity contribution in [2.24, 2.45) is 0 Å². The summed E-state index contributed by atoms with van der Waals surface area (Å²) >= 11 is 0. The van der Waals surface area contributed by atoms with E-state index >= 15 is 0 Å². The average Bonchev–Trinajstić information content (AvgIpc) is 2.68. The van der Waals surface area contributed by atoms with Crippen molar-refractivity contribution in [3.8, 4) is 0 Å². The third kappa shape index (κ3) is 5.28. The number of hydrogen-bond acceptors (Lipinski definition) is 3. The molecule has 96 valence electrons. The molecule has 1 fully saturated rings. The smallest absolute Gasteiger partial charge is 0.0791 e. The SMILES string of the molecule is CCCC(C)(C)NCC(O)CN1CCCC1. The molecule has 1 rings (SSSR count). The normalized spacial score (nSPS) is 20.2. The molecule has 2 N–H and O–H groups in total. The highest BCUT2D eigenvalue weighted by molar-refractivity contribution is 4.79. The van der Waals surface area contributed by atoms with Crippen LogP contribution in [0.2, 0.25) is 0 Å². The average molecular weight is 228 g/mol. The van der Waals surface area contributed by atoms with Crippen LogP contribution in [0.25, 0.3) is 0 Å². The number of rotatable bonds is 7. The first-order chi connectivity index (χ1) is 7.53. The van der Waals surface area contributed by atoms with Gasteiger partial charge in [0, 0.05) is 18.6 Å². The Balaban J connectivity index is 2.15. The fraction of sp³-hybridized carbons (Fsp3) is 1.00. The molecule has 0 radical (unpaired) electrons. The van der Waals surface area contributed by atoms with Gasteiger partial charge in [0.05, 0.1) is 6.10 Å². The molecular weight excluding hydrogens is 200 g/mol. The highest BCUT2D eigenvalue weighted by atomic mass is 16.3. The van der Waals surface area contributed by atoms with Gasteiger partial charge in [-0.25, -0.2) is 0 Å². The fourth-order valence-electron chi connectivity index (χ4n) is 2.44. The van der Waals surface area contributed by atoms with Gasteiger partial charge in [-0.2, -0.15) is 0 Å². The molecule has 1 aliphatic rings. The maximum Gasteiger partial charge on any atom is 0.0791 e. The summed E-state index contributed by atoms with van der Waals surface area (Å²) in [5.41, 5.74) is 0.154. The molecule has 3 heteroatoms. The van der Waals surface area contributed by atoms with Gasteiger partial charge in [-0.15, -0.1) is 0 Å². The molecule has 0 aromatic carbocycles. The number of nitrogens with one attached hydrogen (secondary N) is 1. The summed E-state index contributed by atoms with van der Waals surface area (Å²) in [5.74, 6) is 0. The Kier molecular flexibility index (Phi) is 5.73. The zero-order valence-corrected chi connectivity index (χ0v) is 11.1. The largest absolute Gasteiger partial charge is 0.390 e. The van der Waals surface area contributed by atoms with Crippen LogP contribution in [0.15, 0.2) is 0 Å². The summed E-state index contributed by atoms with van der Waals surface area (Å²) in [6.07, 6.45) is 4.70. The first kappa shape index (κ1) is 13.9. The summed E-state index contributed by atoms with van der Waals surface area (Å²) in [7, 11) is 0. The lowest BCUT2D eigenvalue weighted by Crippen LogP contribution is -2.46. The third-order valence-corrected chi connectivity index (χ3v) is 3.36. The van der Waals surface area contributed by atoms with Gasteiger partial charge in [-0.1, -0.05) is 13.3 Å². The van der Waals surface area contributed by atoms with Gasteiger partial charge < -0.3 is 15.3 Å². The molecule has 0 amide bonds. The van der Waals surface area contributed by atoms with Crippen LogP contribution in [0.1, 0.15) is 46.5 Å². The molecule has 1 atom stereocenters. The quantitative estimate of drug-likeness (QED) is 0.695. The Labute approximate surface area is 100 Å². The number of nitrogens with zero attached hydrogens (tertiary/aromatic N) is 1. The van der Waals surface area contributed by atoms with Gasteiger partial charge in [0.1, 0.15) is 0 Å². The van der Waals surface area contributed by atoms with Crippen LogP contribution >= 0.6 is 0 Å². The number of aliphatic hydroxyl groups excluding tert-OH is 1. The molecule has 0 aromatic heterocycles. The van der Waals surface area contributed by atoms with Crippen LogP contribution in [0.3, 0.4) is 0 Å². The first-order valence-corrected chi connectivity index (χ1v) is 6.69. The fourth-order valence-corrected chi connectivity index (χ4v) is 2.44. The lowest BCUT2D eigenvalue weighted by molar-refractivity contribution is 0.114. The van der Waals surface area contributed by atoms with Crippen molar-refractivity contribution in [3.05, 3.63) is 0 Å². The molecule has 0 saturated carbocycles. The van der Waals surface area contributed by atoms with Crippen LogP contribution in [-0.2, 0) is 0 Å². The van der Waals surface area contributed by atoms with Crippen molar-refractivity contribution in [1.29, 1.82) is 0 Å². The standard InChI is InChI=1S/C13H28N2O/c1-4-7-13(2,3)14-10-12(16)11-15-8-5-6-9-15/h12,14,16H,4-11H2,1-3H3. The minimum atomic E-state index is -0.228. The van der Waals surface area contributed by atoms with E-state index in [0.29, 0.717) is 6.54 Å². The van der Waals surface area contributed by atoms with Crippen LogP contribution < -0.4 is 5.32 Å². The zero-order valence-electron chi connectivity index (χ0n) is 11.1. The van der Waals surface area contributed by atoms with E-state index in [-0.39, 0.29) is 11.6 Å². The van der Waals surface area contributed by atoms with Crippen molar-refractivity contribution in [2.75, 3.05) is 26.2 Å². The highest BCUT2D eigenvalue weighted by Crippen LogP contribution is 2.11. The van der Waals surface area contributed by atoms with E-state index in [4.69, 9.17) is 0 Å². The van der Waals surface area contributed by atoms with E-state index in [1.807, 2.05) is 0 Å². The van der Waals surface area contributed by atoms with Crippen LogP contribution in [0, 0.1) is 0 Å². The summed E-state index contributed by atoms with van der Waals surface area (Å²) in [5, 5.41) is 13.4. The highest BCUT2D eigenvalue weighted by Gasteiger charge is 2.19. The second-order valence-corrected chi connectivity index (χ2v) is 5.68. The number of likely N-dealkylation sites (tertiary alicyclic amines) is 1. The van der Waals surface area contributed by atoms with E-state index < -0.39 is 0 Å². The van der Waals surface area contributed by atoms with Gasteiger partial charge in [-0.3, -0.25) is 0 Å². The predicted molar refractivity (Wildman–Crippen MR) is 68.7 cm³/mol. The van der Waals surface area contributed by atoms with Gasteiger partial charge in [0.15, 0.2) is 0 Å². The Morgan fingerprint density at radius 1 is 1.31 bits per heavy atom. The van der Waals surface area contributed by atoms with Crippen LogP contribution in [-0.4, -0.2) is 47.8 Å². The Morgan fingerprint density at radius 2 is 1.94 bits per heavy atom. The maximum atomic E-state index is 9.94. The molecule has 0 spiro atoms. The summed E-state index contributed by atoms with van der Waals surface area (Å²) in [6, 6.07) is 0. The molecule has 0 aromatic rings.